The molecule has 1 spiro atoms. The van der Waals surface area contributed by atoms with Gasteiger partial charge in [-0.15, -0.1) is 0 Å². The van der Waals surface area contributed by atoms with Crippen LogP contribution >= 0.6 is 0 Å². The lowest BCUT2D eigenvalue weighted by atomic mass is 10.0. The van der Waals surface area contributed by atoms with Gasteiger partial charge in [0, 0.05) is 37.9 Å². The number of piperidine rings is 1. The number of carbonyl (C=O) groups is 3. The van der Waals surface area contributed by atoms with E-state index in [2.05, 4.69) is 5.32 Å². The Balaban J connectivity index is 1.36. The van der Waals surface area contributed by atoms with Gasteiger partial charge in [-0.3, -0.25) is 19.3 Å². The molecule has 1 aromatic carbocycles. The SMILES string of the molecule is O=C1Nc2cc(C(=O)N3CCC4(CC3)OCCO4)ccc2N2C(=O)CCC12. The summed E-state index contributed by atoms with van der Waals surface area (Å²) in [6, 6.07) is 4.72. The molecule has 0 saturated carbocycles. The largest absolute Gasteiger partial charge is 0.347 e. The molecule has 1 atom stereocenters. The fourth-order valence-corrected chi connectivity index (χ4v) is 4.45. The van der Waals surface area contributed by atoms with E-state index in [-0.39, 0.29) is 17.7 Å². The van der Waals surface area contributed by atoms with Gasteiger partial charge >= 0.3 is 0 Å². The first kappa shape index (κ1) is 16.7. The van der Waals surface area contributed by atoms with Crippen molar-refractivity contribution >= 4 is 29.1 Å². The van der Waals surface area contributed by atoms with E-state index in [4.69, 9.17) is 9.47 Å². The van der Waals surface area contributed by atoms with Gasteiger partial charge in [-0.25, -0.2) is 0 Å². The first-order valence-electron chi connectivity index (χ1n) is 9.41. The molecule has 4 aliphatic heterocycles. The molecule has 27 heavy (non-hydrogen) atoms. The van der Waals surface area contributed by atoms with E-state index in [1.807, 2.05) is 0 Å². The standard InChI is InChI=1S/C19H21N3O5/c23-16-4-3-15-17(24)20-13-11-12(1-2-14(13)22(15)16)18(25)21-7-5-19(6-8-21)26-9-10-27-19/h1-2,11,15H,3-10H2,(H,20,24). The Hall–Kier alpha value is -2.45. The molecule has 3 saturated heterocycles. The minimum atomic E-state index is -0.522. The number of hydrogen-bond acceptors (Lipinski definition) is 5. The number of nitrogens with zero attached hydrogens (tertiary/aromatic N) is 2. The number of hydrogen-bond donors (Lipinski definition) is 1. The summed E-state index contributed by atoms with van der Waals surface area (Å²) in [6.07, 6.45) is 2.22. The lowest BCUT2D eigenvalue weighted by Gasteiger charge is -2.37. The van der Waals surface area contributed by atoms with Crippen LogP contribution in [-0.4, -0.2) is 60.8 Å². The van der Waals surface area contributed by atoms with Gasteiger partial charge < -0.3 is 19.7 Å². The zero-order chi connectivity index (χ0) is 18.6. The van der Waals surface area contributed by atoms with E-state index in [0.29, 0.717) is 68.9 Å². The van der Waals surface area contributed by atoms with Crippen LogP contribution in [0.5, 0.6) is 0 Å². The van der Waals surface area contributed by atoms with Crippen LogP contribution in [0.3, 0.4) is 0 Å². The maximum atomic E-state index is 12.9. The van der Waals surface area contributed by atoms with Crippen LogP contribution in [-0.2, 0) is 19.1 Å². The summed E-state index contributed by atoms with van der Waals surface area (Å²) < 4.78 is 11.4. The molecule has 4 heterocycles. The van der Waals surface area contributed by atoms with Crippen molar-refractivity contribution in [1.82, 2.24) is 4.90 Å². The zero-order valence-electron chi connectivity index (χ0n) is 14.9. The summed E-state index contributed by atoms with van der Waals surface area (Å²) in [6.45, 7) is 2.34. The van der Waals surface area contributed by atoms with Crippen LogP contribution in [0.15, 0.2) is 18.2 Å². The van der Waals surface area contributed by atoms with Gasteiger partial charge in [-0.1, -0.05) is 0 Å². The molecule has 5 rings (SSSR count). The maximum absolute atomic E-state index is 12.9. The molecule has 3 fully saturated rings. The zero-order valence-corrected chi connectivity index (χ0v) is 14.9. The van der Waals surface area contributed by atoms with Gasteiger partial charge in [0.1, 0.15) is 6.04 Å². The van der Waals surface area contributed by atoms with E-state index in [1.54, 1.807) is 28.0 Å². The molecule has 4 aliphatic rings. The summed E-state index contributed by atoms with van der Waals surface area (Å²) in [5.41, 5.74) is 1.70. The second-order valence-electron chi connectivity index (χ2n) is 7.44. The van der Waals surface area contributed by atoms with Crippen molar-refractivity contribution in [3.63, 3.8) is 0 Å². The highest BCUT2D eigenvalue weighted by Gasteiger charge is 2.43. The average molecular weight is 371 g/mol. The maximum Gasteiger partial charge on any atom is 0.253 e. The quantitative estimate of drug-likeness (QED) is 0.799. The fourth-order valence-electron chi connectivity index (χ4n) is 4.45. The third-order valence-electron chi connectivity index (χ3n) is 5.90. The summed E-state index contributed by atoms with van der Waals surface area (Å²) in [5.74, 6) is -0.845. The van der Waals surface area contributed by atoms with Gasteiger partial charge in [0.25, 0.3) is 5.91 Å². The van der Waals surface area contributed by atoms with Crippen molar-refractivity contribution in [1.29, 1.82) is 0 Å². The molecule has 1 aromatic rings. The Morgan fingerprint density at radius 1 is 1.15 bits per heavy atom. The Kier molecular flexibility index (Phi) is 3.73. The van der Waals surface area contributed by atoms with Crippen molar-refractivity contribution in [2.45, 2.75) is 37.5 Å². The third-order valence-corrected chi connectivity index (χ3v) is 5.90. The normalized spacial score (nSPS) is 26.1. The second-order valence-corrected chi connectivity index (χ2v) is 7.44. The number of anilines is 2. The molecule has 1 N–H and O–H groups in total. The average Bonchev–Trinajstić information content (AvgIpc) is 3.29. The van der Waals surface area contributed by atoms with Crippen molar-refractivity contribution in [2.24, 2.45) is 0 Å². The second kappa shape index (κ2) is 6.03. The number of rotatable bonds is 1. The van der Waals surface area contributed by atoms with Crippen LogP contribution in [0.1, 0.15) is 36.0 Å². The number of ether oxygens (including phenoxy) is 2. The molecule has 0 radical (unpaired) electrons. The van der Waals surface area contributed by atoms with Crippen molar-refractivity contribution in [2.75, 3.05) is 36.5 Å². The number of carbonyl (C=O) groups excluding carboxylic acids is 3. The summed E-state index contributed by atoms with van der Waals surface area (Å²) in [4.78, 5) is 40.7. The fraction of sp³-hybridized carbons (Fsp3) is 0.526. The van der Waals surface area contributed by atoms with E-state index in [0.717, 1.165) is 0 Å². The van der Waals surface area contributed by atoms with Crippen LogP contribution in [0.2, 0.25) is 0 Å². The molecule has 8 heteroatoms. The Morgan fingerprint density at radius 3 is 2.63 bits per heavy atom. The molecule has 1 unspecified atom stereocenters. The van der Waals surface area contributed by atoms with E-state index < -0.39 is 11.8 Å². The summed E-state index contributed by atoms with van der Waals surface area (Å²) in [5, 5.41) is 2.85. The summed E-state index contributed by atoms with van der Waals surface area (Å²) >= 11 is 0. The molecule has 0 aromatic heterocycles. The van der Waals surface area contributed by atoms with Crippen molar-refractivity contribution in [3.8, 4) is 0 Å². The highest BCUT2D eigenvalue weighted by atomic mass is 16.7. The smallest absolute Gasteiger partial charge is 0.253 e. The van der Waals surface area contributed by atoms with Gasteiger partial charge in [-0.2, -0.15) is 0 Å². The van der Waals surface area contributed by atoms with Crippen LogP contribution in [0.4, 0.5) is 11.4 Å². The predicted molar refractivity (Wildman–Crippen MR) is 95.4 cm³/mol. The van der Waals surface area contributed by atoms with E-state index >= 15 is 0 Å². The molecular formula is C19H21N3O5. The van der Waals surface area contributed by atoms with Crippen molar-refractivity contribution in [3.05, 3.63) is 23.8 Å². The molecular weight excluding hydrogens is 350 g/mol. The minimum absolute atomic E-state index is 0.0481. The topological polar surface area (TPSA) is 88.2 Å². The Labute approximate surface area is 156 Å². The number of amides is 3. The first-order chi connectivity index (χ1) is 13.1. The molecule has 3 amide bonds. The molecule has 8 nitrogen and oxygen atoms in total. The van der Waals surface area contributed by atoms with Gasteiger partial charge in [0.15, 0.2) is 5.79 Å². The van der Waals surface area contributed by atoms with Gasteiger partial charge in [-0.05, 0) is 24.6 Å². The first-order valence-corrected chi connectivity index (χ1v) is 9.41. The van der Waals surface area contributed by atoms with Crippen LogP contribution in [0.25, 0.3) is 0 Å². The highest BCUT2D eigenvalue weighted by Crippen LogP contribution is 2.38. The van der Waals surface area contributed by atoms with Crippen LogP contribution < -0.4 is 10.2 Å². The lowest BCUT2D eigenvalue weighted by molar-refractivity contribution is -0.181. The number of nitrogens with one attached hydrogen (secondary N) is 1. The molecule has 0 bridgehead atoms. The van der Waals surface area contributed by atoms with Crippen molar-refractivity contribution < 1.29 is 23.9 Å². The monoisotopic (exact) mass is 371 g/mol. The Bertz CT molecular complexity index is 823. The predicted octanol–water partition coefficient (Wildman–Crippen LogP) is 1.11. The third kappa shape index (κ3) is 2.62. The Morgan fingerprint density at radius 2 is 1.89 bits per heavy atom. The van der Waals surface area contributed by atoms with E-state index in [9.17, 15) is 14.4 Å². The molecule has 142 valence electrons. The number of fused-ring (bicyclic) bond motifs is 3. The van der Waals surface area contributed by atoms with E-state index in [1.165, 1.54) is 0 Å². The lowest BCUT2D eigenvalue weighted by Crippen LogP contribution is -2.47. The molecule has 0 aliphatic carbocycles. The highest BCUT2D eigenvalue weighted by molar-refractivity contribution is 6.14. The minimum Gasteiger partial charge on any atom is -0.347 e. The van der Waals surface area contributed by atoms with Gasteiger partial charge in [0.2, 0.25) is 11.8 Å². The number of benzene rings is 1. The number of likely N-dealkylation sites (tertiary alicyclic amines) is 1. The summed E-state index contributed by atoms with van der Waals surface area (Å²) in [7, 11) is 0. The van der Waals surface area contributed by atoms with Gasteiger partial charge in [0.05, 0.1) is 24.6 Å². The van der Waals surface area contributed by atoms with Crippen LogP contribution in [0, 0.1) is 0 Å².